The summed E-state index contributed by atoms with van der Waals surface area (Å²) in [6.45, 7) is 55.9. The number of rotatable bonds is 37. The Morgan fingerprint density at radius 1 is 0.524 bits per heavy atom. The zero-order valence-electron chi connectivity index (χ0n) is 92.4. The van der Waals surface area contributed by atoms with Gasteiger partial charge in [-0.2, -0.15) is 10.2 Å². The number of pyridine rings is 2. The second-order valence-corrected chi connectivity index (χ2v) is 48.1. The fourth-order valence-corrected chi connectivity index (χ4v) is 18.0. The van der Waals surface area contributed by atoms with Crippen LogP contribution in [-0.2, 0) is 115 Å². The van der Waals surface area contributed by atoms with Gasteiger partial charge in [0.15, 0.2) is 9.84 Å². The number of ether oxygens (including phenoxy) is 2. The van der Waals surface area contributed by atoms with Gasteiger partial charge >= 0.3 is 5.97 Å². The van der Waals surface area contributed by atoms with Gasteiger partial charge in [0.2, 0.25) is 41.8 Å². The minimum atomic E-state index is -2.87. The Morgan fingerprint density at radius 3 is 1.35 bits per heavy atom. The average Bonchev–Trinajstić information content (AvgIpc) is 0.855. The van der Waals surface area contributed by atoms with Crippen LogP contribution in [-0.4, -0.2) is 278 Å². The summed E-state index contributed by atoms with van der Waals surface area (Å²) in [5.41, 5.74) is 2.18. The lowest BCUT2D eigenvalue weighted by Gasteiger charge is -2.36. The van der Waals surface area contributed by atoms with Crippen molar-refractivity contribution in [2.75, 3.05) is 115 Å². The fraction of sp³-hybridized carbons (Fsp3) is 0.706. The molecule has 0 saturated carbocycles. The van der Waals surface area contributed by atoms with Crippen molar-refractivity contribution in [1.29, 1.82) is 5.26 Å². The number of likely N-dealkylation sites (tertiary alicyclic amines) is 3. The number of piperazine rings is 1. The SMILES string of the molecule is CC(C)CC(=O)Cc1ccccc1.CC(C)CC(=O)Cc1ncccc1C#N.CC(C)CC(=O)N1CCC(C)(O)CC1.CC(C)CC(=O)N1CCC(CS(=O)[O-])CC1.CC(C)CC(=O)N1CCC(NC=O)CC1.CC(C)CC(=O)N1CCN(CS(=O)[O-])CC1.CC(C)CC(=O)N1CCS(=O)(=O)CC1.CC(C)CC(=O)OC(C)(C)C.COc1ccnc(CCC(=O)CC(C)C)n1.CSc1ccnc(CC(=O)CC(C)C)c1. The molecule has 5 saturated heterocycles. The Bertz CT molecular complexity index is 4550. The summed E-state index contributed by atoms with van der Waals surface area (Å²) in [6, 6.07) is 21.2. The minimum absolute atomic E-state index is 0.0756. The number of hydrogen-bond donors (Lipinski definition) is 2. The normalized spacial score (nSPS) is 15.5. The quantitative estimate of drug-likeness (QED) is 0.0183. The number of hydrogen-bond acceptors (Lipinski definition) is 27. The molecule has 2 N–H and O–H groups in total. The van der Waals surface area contributed by atoms with E-state index in [1.165, 1.54) is 0 Å². The first-order chi connectivity index (χ1) is 67.8. The third kappa shape index (κ3) is 71.6. The van der Waals surface area contributed by atoms with Gasteiger partial charge in [0.05, 0.1) is 47.8 Å². The van der Waals surface area contributed by atoms with Gasteiger partial charge in [0.25, 0.3) is 0 Å². The van der Waals surface area contributed by atoms with Crippen LogP contribution < -0.4 is 10.1 Å². The number of methoxy groups -OCH3 is 1. The number of carbonyl (C=O) groups excluding carboxylic acids is 11. The predicted octanol–water partition coefficient (Wildman–Crippen LogP) is 16.0. The molecule has 4 aromatic rings. The zero-order valence-corrected chi connectivity index (χ0v) is 95.7. The number of carbonyl (C=O) groups is 11. The molecule has 2 atom stereocenters. The van der Waals surface area contributed by atoms with Crippen LogP contribution in [0.3, 0.4) is 0 Å². The van der Waals surface area contributed by atoms with Gasteiger partial charge in [0.1, 0.15) is 40.6 Å². The van der Waals surface area contributed by atoms with Crippen molar-refractivity contribution >= 4 is 109 Å². The minimum Gasteiger partial charge on any atom is -0.772 e. The molecular formula is C109H180N12O20S4-2. The van der Waals surface area contributed by atoms with Gasteiger partial charge in [-0.25, -0.2) is 13.4 Å². The summed E-state index contributed by atoms with van der Waals surface area (Å²) in [5, 5.41) is 21.3. The van der Waals surface area contributed by atoms with Gasteiger partial charge in [-0.3, -0.25) is 76.0 Å². The first-order valence-corrected chi connectivity index (χ1v) is 57.2. The molecule has 5 fully saturated rings. The highest BCUT2D eigenvalue weighted by Crippen LogP contribution is 2.25. The van der Waals surface area contributed by atoms with E-state index in [2.05, 4.69) is 80.6 Å². The summed E-state index contributed by atoms with van der Waals surface area (Å²) < 4.78 is 74.4. The van der Waals surface area contributed by atoms with Crippen LogP contribution in [0.15, 0.2) is 84.1 Å². The molecule has 8 heterocycles. The van der Waals surface area contributed by atoms with E-state index in [4.69, 9.17) is 14.7 Å². The van der Waals surface area contributed by atoms with Crippen molar-refractivity contribution in [2.24, 2.45) is 65.1 Å². The van der Waals surface area contributed by atoms with Gasteiger partial charge in [0, 0.05) is 215 Å². The number of nitrogens with one attached hydrogen (secondary N) is 1. The van der Waals surface area contributed by atoms with Crippen molar-refractivity contribution in [3.63, 3.8) is 0 Å². The lowest BCUT2D eigenvalue weighted by atomic mass is 9.93. The molecule has 0 aliphatic carbocycles. The number of esters is 1. The van der Waals surface area contributed by atoms with Crippen molar-refractivity contribution in [1.82, 2.24) is 54.7 Å². The lowest BCUT2D eigenvalue weighted by Crippen LogP contribution is -2.49. The summed E-state index contributed by atoms with van der Waals surface area (Å²) in [5.74, 6) is 7.84. The zero-order chi connectivity index (χ0) is 110. The van der Waals surface area contributed by atoms with E-state index in [0.29, 0.717) is 256 Å². The number of benzene rings is 1. The predicted molar refractivity (Wildman–Crippen MR) is 575 cm³/mol. The van der Waals surface area contributed by atoms with Crippen molar-refractivity contribution in [2.45, 2.75) is 323 Å². The molecule has 0 radical (unpaired) electrons. The Balaban J connectivity index is 0.00000159. The number of aryl methyl sites for hydroxylation is 1. The number of piperidine rings is 3. The van der Waals surface area contributed by atoms with Crippen LogP contribution in [0, 0.1) is 76.4 Å². The maximum Gasteiger partial charge on any atom is 0.306 e. The highest BCUT2D eigenvalue weighted by atomic mass is 32.2. The van der Waals surface area contributed by atoms with Crippen molar-refractivity contribution in [3.05, 3.63) is 108 Å². The van der Waals surface area contributed by atoms with Crippen LogP contribution in [0.5, 0.6) is 5.88 Å². The molecule has 9 rings (SSSR count). The van der Waals surface area contributed by atoms with E-state index in [1.807, 2.05) is 190 Å². The van der Waals surface area contributed by atoms with Gasteiger partial charge < -0.3 is 53.5 Å². The van der Waals surface area contributed by atoms with Gasteiger partial charge in [-0.05, 0) is 178 Å². The molecule has 1 aromatic carbocycles. The van der Waals surface area contributed by atoms with Crippen LogP contribution >= 0.6 is 11.8 Å². The molecule has 36 heteroatoms. The van der Waals surface area contributed by atoms with E-state index in [0.717, 1.165) is 61.3 Å². The van der Waals surface area contributed by atoms with Gasteiger partial charge in [-0.15, -0.1) is 11.8 Å². The third-order valence-electron chi connectivity index (χ3n) is 22.4. The number of nitrogens with zero attached hydrogens (tertiary/aromatic N) is 11. The molecule has 6 amide bonds. The van der Waals surface area contributed by atoms with Crippen LogP contribution in [0.2, 0.25) is 0 Å². The molecule has 822 valence electrons. The maximum atomic E-state index is 11.7. The number of thioether (sulfide) groups is 1. The van der Waals surface area contributed by atoms with E-state index >= 15 is 0 Å². The van der Waals surface area contributed by atoms with Crippen molar-refractivity contribution < 1.29 is 93.3 Å². The van der Waals surface area contributed by atoms with E-state index in [9.17, 15) is 83.8 Å². The second-order valence-electron chi connectivity index (χ2n) is 43.1. The highest BCUT2D eigenvalue weighted by Gasteiger charge is 2.32. The Kier molecular flexibility index (Phi) is 70.6. The maximum absolute atomic E-state index is 11.7. The average molecular weight is 2110 g/mol. The third-order valence-corrected chi connectivity index (χ3v) is 26.0. The first-order valence-electron chi connectivity index (χ1n) is 51.6. The topological polar surface area (TPSA) is 448 Å². The van der Waals surface area contributed by atoms with E-state index < -0.39 is 37.6 Å². The Labute approximate surface area is 879 Å². The smallest absolute Gasteiger partial charge is 0.306 e. The van der Waals surface area contributed by atoms with E-state index in [-0.39, 0.29) is 100.0 Å². The number of Topliss-reactive ketones (excluding diaryl/α,β-unsaturated/α-hetero) is 4. The molecule has 5 aliphatic heterocycles. The molecule has 3 aromatic heterocycles. The molecule has 5 aliphatic rings. The molecule has 0 spiro atoms. The first kappa shape index (κ1) is 136. The number of nitriles is 1. The standard InChI is InChI=1S/C12H18N2O2.C12H14N2O.C12H17NOS.C12H16O.C11H20N2O2.C11H21NO3S.C11H21NO2.C10H20N2O3S.C9H17NO3S.C9H18O2/c1-9(2)8-10(15)4-5-11-13-7-6-12(14-11)16-3;1-9(2)6-11(15)7-12-10(8-13)4-3-5-14-12;1-9(2)6-11(14)7-10-8-12(15-3)4-5-13-10;1-10(2)8-12(13)9-11-6-4-3-5-7-11;1-9(2)7-11(15)13-5-3-10(4-6-13)12-8-14;1-9(2)7-11(13)12-5-3-10(4-6-12)8-16(14)15;1-9(2)8-10(13)12-6-4-11(3,14)5-7-12;1-9(2)7-10(13)12-5-3-11(4-6-12)8-16(14)15;1-8(2)7-9(11)10-3-5-14(12,13)6-4-10;1-7(2)6-8(10)11-9(3,4)5/h6-7,9H,4-5,8H2,1-3H3;3-5,9H,6-7H2,1-2H3;4-5,8-9H,6-7H2,1-3H3;3-7,10H,8-9H2,1-2H3;8-10H,3-7H2,1-2H3,(H,12,14);9-10H,3-8H2,1-2H3,(H,14,15);9,14H,4-8H2,1-3H3;9H,3-8H2,1-2H3,(H,14,15);8H,3-7H2,1-2H3;7H,6H2,1-5H3/p-2. The summed E-state index contributed by atoms with van der Waals surface area (Å²) >= 11 is -2.30. The van der Waals surface area contributed by atoms with Crippen molar-refractivity contribution in [3.8, 4) is 11.9 Å². The van der Waals surface area contributed by atoms with E-state index in [1.54, 1.807) is 60.6 Å². The Hall–Kier alpha value is -8.70. The molecule has 145 heavy (non-hydrogen) atoms. The number of ketones is 4. The molecule has 32 nitrogen and oxygen atoms in total. The molecular weight excluding hydrogens is 1930 g/mol. The Morgan fingerprint density at radius 2 is 0.938 bits per heavy atom. The highest BCUT2D eigenvalue weighted by molar-refractivity contribution is 7.98. The lowest BCUT2D eigenvalue weighted by molar-refractivity contribution is -0.156. The number of aliphatic hydroxyl groups is 1. The second kappa shape index (κ2) is 75.1. The largest absolute Gasteiger partial charge is 0.772 e. The van der Waals surface area contributed by atoms with Crippen LogP contribution in [0.4, 0.5) is 0 Å². The number of sulfone groups is 1. The monoisotopic (exact) mass is 2110 g/mol. The molecule has 2 unspecified atom stereocenters. The van der Waals surface area contributed by atoms with Crippen LogP contribution in [0.1, 0.15) is 304 Å². The summed E-state index contributed by atoms with van der Waals surface area (Å²) in [6.07, 6.45) is 21.0. The number of aromatic nitrogens is 4. The summed E-state index contributed by atoms with van der Waals surface area (Å²) in [7, 11) is -1.31. The van der Waals surface area contributed by atoms with Gasteiger partial charge in [-0.1, -0.05) is 180 Å². The number of amides is 6. The molecule has 0 bridgehead atoms. The fourth-order valence-electron chi connectivity index (χ4n) is 15.1. The van der Waals surface area contributed by atoms with Crippen LogP contribution in [0.25, 0.3) is 0 Å². The summed E-state index contributed by atoms with van der Waals surface area (Å²) in [4.78, 5) is 154.